The number of aliphatic hydroxyl groups is 2. The molecule has 8 aromatic heterocycles. The van der Waals surface area contributed by atoms with Crippen molar-refractivity contribution in [2.75, 3.05) is 40.7 Å². The number of aromatic nitrogens is 11. The highest BCUT2D eigenvalue weighted by molar-refractivity contribution is 9.10. The van der Waals surface area contributed by atoms with Crippen molar-refractivity contribution in [2.24, 2.45) is 21.1 Å². The minimum atomic E-state index is -0.911. The Kier molecular flexibility index (Phi) is 25.3. The van der Waals surface area contributed by atoms with E-state index in [9.17, 15) is 43.9 Å². The van der Waals surface area contributed by atoms with Crippen LogP contribution in [0.1, 0.15) is 44.4 Å². The highest BCUT2D eigenvalue weighted by atomic mass is 79.9. The Hall–Kier alpha value is -13.3. The molecule has 37 heteroatoms. The van der Waals surface area contributed by atoms with Crippen molar-refractivity contribution in [3.8, 4) is 29.3 Å². The molecule has 0 saturated carbocycles. The molecule has 110 heavy (non-hydrogen) atoms. The van der Waals surface area contributed by atoms with Gasteiger partial charge in [-0.3, -0.25) is 0 Å². The summed E-state index contributed by atoms with van der Waals surface area (Å²) in [6.07, 6.45) is 16.2. The summed E-state index contributed by atoms with van der Waals surface area (Å²) in [7, 11) is 8.08. The second-order valence-electron chi connectivity index (χ2n) is 24.7. The predicted octanol–water partition coefficient (Wildman–Crippen LogP) is 15.4. The molecule has 25 nitrogen and oxygen atoms in total. The smallest absolute Gasteiger partial charge is 0.499 e. The molecule has 14 rings (SSSR count). The zero-order chi connectivity index (χ0) is 80.2. The number of fused-ring (bicyclic) bond motifs is 3. The van der Waals surface area contributed by atoms with Crippen LogP contribution in [0, 0.1) is 92.2 Å². The van der Waals surface area contributed by atoms with Gasteiger partial charge >= 0.3 is 7.12 Å². The topological polar surface area (TPSA) is 345 Å². The third-order valence-electron chi connectivity index (χ3n) is 16.8. The van der Waals surface area contributed by atoms with E-state index in [0.717, 1.165) is 70.5 Å². The maximum absolute atomic E-state index is 14.5. The lowest BCUT2D eigenvalue weighted by atomic mass is 9.82. The zero-order valence-corrected chi connectivity index (χ0v) is 60.8. The fraction of sp³-hybridized carbons (Fsp3) is 0.164. The van der Waals surface area contributed by atoms with Gasteiger partial charge in [0.2, 0.25) is 0 Å². The molecule has 0 aliphatic carbocycles. The summed E-state index contributed by atoms with van der Waals surface area (Å²) in [6.45, 7) is 8.06. The van der Waals surface area contributed by atoms with E-state index < -0.39 is 75.2 Å². The second-order valence-corrected chi connectivity index (χ2v) is 25.6. The number of nitriles is 3. The Bertz CT molecular complexity index is 5590. The van der Waals surface area contributed by atoms with Crippen LogP contribution in [0.4, 0.5) is 89.8 Å². The molecule has 0 spiro atoms. The number of nitrogens with one attached hydrogen (secondary N) is 1. The molecule has 5 aromatic carbocycles. The van der Waals surface area contributed by atoms with E-state index in [0.29, 0.717) is 61.9 Å². The molecule has 1 fully saturated rings. The van der Waals surface area contributed by atoms with Gasteiger partial charge in [0, 0.05) is 80.1 Å². The maximum atomic E-state index is 14.5. The number of halogens is 11. The number of anilines is 8. The van der Waals surface area contributed by atoms with Crippen LogP contribution in [0.15, 0.2) is 167 Å². The van der Waals surface area contributed by atoms with Gasteiger partial charge in [-0.1, -0.05) is 26.2 Å². The van der Waals surface area contributed by atoms with E-state index in [1.165, 1.54) is 60.9 Å². The fourth-order valence-corrected chi connectivity index (χ4v) is 10.6. The quantitative estimate of drug-likeness (QED) is 0.0264. The maximum Gasteiger partial charge on any atom is 0.499 e. The highest BCUT2D eigenvalue weighted by Crippen LogP contribution is 2.38. The summed E-state index contributed by atoms with van der Waals surface area (Å²) in [5, 5.41) is 53.8. The van der Waals surface area contributed by atoms with Gasteiger partial charge in [-0.05, 0) is 99.5 Å². The number of aryl methyl sites for hydroxylation is 3. The summed E-state index contributed by atoms with van der Waals surface area (Å²) in [5.74, 6) is -7.13. The van der Waals surface area contributed by atoms with Crippen molar-refractivity contribution < 1.29 is 72.5 Å². The second kappa shape index (κ2) is 34.5. The first-order valence-corrected chi connectivity index (χ1v) is 32.7. The number of hydrogen-bond donors (Lipinski definition) is 5. The Labute approximate surface area is 627 Å². The van der Waals surface area contributed by atoms with Crippen LogP contribution in [-0.4, -0.2) is 96.5 Å². The number of rotatable bonds is 11. The number of nitrogens with two attached hydrogens (primary N) is 2. The fourth-order valence-electron chi connectivity index (χ4n) is 10.2. The van der Waals surface area contributed by atoms with Crippen molar-refractivity contribution in [1.29, 1.82) is 15.8 Å². The van der Waals surface area contributed by atoms with Gasteiger partial charge in [0.25, 0.3) is 0 Å². The first-order valence-electron chi connectivity index (χ1n) is 31.9. The van der Waals surface area contributed by atoms with Gasteiger partial charge < -0.3 is 68.9 Å². The summed E-state index contributed by atoms with van der Waals surface area (Å²) >= 11 is 2.91. The molecule has 0 atom stereocenters. The number of pyridine rings is 3. The molecule has 0 unspecified atom stereocenters. The van der Waals surface area contributed by atoms with Crippen molar-refractivity contribution in [2.45, 2.75) is 45.3 Å². The van der Waals surface area contributed by atoms with Crippen molar-refractivity contribution in [1.82, 2.24) is 53.9 Å². The van der Waals surface area contributed by atoms with E-state index in [4.69, 9.17) is 51.3 Å². The van der Waals surface area contributed by atoms with Crippen LogP contribution < -0.4 is 32.0 Å². The Morgan fingerprint density at radius 3 is 1.33 bits per heavy atom. The number of allylic oxidation sites excluding steroid dienone is 2. The van der Waals surface area contributed by atoms with Crippen LogP contribution >= 0.6 is 15.9 Å². The van der Waals surface area contributed by atoms with Gasteiger partial charge in [0.1, 0.15) is 134 Å². The molecule has 9 heterocycles. The molecule has 0 bridgehead atoms. The Morgan fingerprint density at radius 2 is 0.927 bits per heavy atom. The minimum Gasteiger partial charge on any atom is -0.514 e. The number of imidazole rings is 3. The van der Waals surface area contributed by atoms with Crippen molar-refractivity contribution in [3.63, 3.8) is 0 Å². The number of hydrogen-bond acceptors (Lipinski definition) is 22. The summed E-state index contributed by atoms with van der Waals surface area (Å²) in [5.41, 5.74) is 13.4. The monoisotopic (exact) mass is 1580 g/mol. The molecular formula is C73H61BBrF10N19O6. The Morgan fingerprint density at radius 1 is 0.527 bits per heavy atom. The largest absolute Gasteiger partial charge is 0.514 e. The lowest BCUT2D eigenvalue weighted by Crippen LogP contribution is -2.41. The number of aliphatic hydroxyl groups excluding tert-OH is 2. The van der Waals surface area contributed by atoms with Crippen LogP contribution in [0.3, 0.4) is 0 Å². The van der Waals surface area contributed by atoms with Crippen LogP contribution in [0.2, 0.25) is 0 Å². The normalized spacial score (nSPS) is 12.7. The van der Waals surface area contributed by atoms with Gasteiger partial charge in [-0.15, -0.1) is 0 Å². The summed E-state index contributed by atoms with van der Waals surface area (Å²) < 4.78 is 163. The van der Waals surface area contributed by atoms with Crippen LogP contribution in [0.25, 0.3) is 55.4 Å². The van der Waals surface area contributed by atoms with Gasteiger partial charge in [-0.2, -0.15) is 15.8 Å². The molecule has 0 amide bonds. The van der Waals surface area contributed by atoms with E-state index >= 15 is 0 Å². The molecular weight excluding hydrogens is 1520 g/mol. The summed E-state index contributed by atoms with van der Waals surface area (Å²) in [6, 6.07) is 20.9. The molecule has 0 radical (unpaired) electrons. The van der Waals surface area contributed by atoms with Gasteiger partial charge in [-0.25, -0.2) is 73.8 Å². The third kappa shape index (κ3) is 18.4. The van der Waals surface area contributed by atoms with E-state index in [-0.39, 0.29) is 64.2 Å². The zero-order valence-electron chi connectivity index (χ0n) is 59.2. The molecule has 564 valence electrons. The van der Waals surface area contributed by atoms with Gasteiger partial charge in [0.05, 0.1) is 114 Å². The number of nitrogens with zero attached hydrogens (tertiary/aromatic N) is 16. The van der Waals surface area contributed by atoms with E-state index in [2.05, 4.69) is 66.0 Å². The molecule has 1 saturated heterocycles. The van der Waals surface area contributed by atoms with E-state index in [1.54, 1.807) is 95.8 Å². The average molecular weight is 1580 g/mol. The van der Waals surface area contributed by atoms with Crippen molar-refractivity contribution >= 4 is 119 Å². The lowest BCUT2D eigenvalue weighted by molar-refractivity contribution is 0.00578. The lowest BCUT2D eigenvalue weighted by Gasteiger charge is -2.32. The molecule has 1 aliphatic heterocycles. The van der Waals surface area contributed by atoms with Crippen molar-refractivity contribution in [3.05, 3.63) is 233 Å². The SMILES string of the molecule is CC1(C)OB(c2cnoc2)OC1(C)C.CN(c1cc2c(cn1)ncn2C)c1c(F)cc(/C(C#N)=C\O)cc1F.CN(c1cc2c(cn1)ncn2C)c1c(F)cc(CC#N)cc1F.Cn1cnc2cnc(Nc3c(F)cc(/C(C#N)=C\O)cc3F)cc21.Nc1c(F)cc(-c2cnoc2)cc1F.Nc1c(F)cc(Br)cc1F. The third-order valence-corrected chi connectivity index (χ3v) is 17.3. The molecule has 7 N–H and O–H groups in total. The first-order chi connectivity index (χ1) is 52.2. The van der Waals surface area contributed by atoms with Crippen LogP contribution in [0.5, 0.6) is 0 Å². The first kappa shape index (κ1) is 80.8. The average Bonchev–Trinajstić information content (AvgIpc) is 1.57. The Balaban J connectivity index is 0.000000156. The number of benzene rings is 5. The highest BCUT2D eigenvalue weighted by Gasteiger charge is 2.52. The minimum absolute atomic E-state index is 0.0446. The standard InChI is InChI=1S/C17H13F2N5O.C16H11F2N5O.C16H13F2N5.C9H14BNO3.C9H6F2N2O.C6H4BrF2N/c1-23-9-22-14-7-21-16(5-15(14)23)24(2)17-12(18)3-10(4-13(17)19)11(6-20)8-25;1-23-8-21-13-6-20-15(4-14(13)23)22-16-11(17)2-9(3-12(16)18)10(5-19)7-24;1-22-9-21-13-8-20-15(7-14(13)22)23(2)16-11(17)5-10(3-4-19)6-12(16)18;1-8(2)9(3,4)14-10(13-8)7-5-11-12-6-7;10-7-1-5(2-8(11)9(7)12)6-3-13-14-4-6;7-3-1-4(8)6(10)5(9)2-3/h3-5,7-9,25H,1-2H3;2-4,6-8,24H,1H3,(H,20,22);5-9H,3H2,1-2H3;5-6H,1-4H3;1-4H,12H2;1-2H,10H2/b11-8-;10-7-;;;;. The summed E-state index contributed by atoms with van der Waals surface area (Å²) in [4.78, 5) is 27.5. The van der Waals surface area contributed by atoms with Crippen LogP contribution in [-0.2, 0) is 36.9 Å². The van der Waals surface area contributed by atoms with E-state index in [1.807, 2.05) is 40.8 Å². The number of nitrogen functional groups attached to an aromatic ring is 2. The van der Waals surface area contributed by atoms with Gasteiger partial charge in [0.15, 0.2) is 11.6 Å². The predicted molar refractivity (Wildman–Crippen MR) is 393 cm³/mol. The molecule has 13 aromatic rings. The molecule has 1 aliphatic rings.